The van der Waals surface area contributed by atoms with Gasteiger partial charge in [0.2, 0.25) is 0 Å². The van der Waals surface area contributed by atoms with Crippen LogP contribution in [-0.2, 0) is 0 Å². The molecule has 1 heterocycles. The molecule has 0 atom stereocenters. The largest absolute Gasteiger partial charge is 0.322 e. The molecule has 1 fully saturated rings. The molecule has 27 heavy (non-hydrogen) atoms. The molecule has 2 amide bonds. The van der Waals surface area contributed by atoms with Crippen molar-refractivity contribution in [3.05, 3.63) is 64.7 Å². The third-order valence-electron chi connectivity index (χ3n) is 5.01. The second-order valence-corrected chi connectivity index (χ2v) is 7.26. The van der Waals surface area contributed by atoms with Gasteiger partial charge in [-0.15, -0.1) is 0 Å². The number of aryl methyl sites for hydroxylation is 3. The van der Waals surface area contributed by atoms with Crippen molar-refractivity contribution in [1.82, 2.24) is 9.80 Å². The SMILES string of the molecule is Cc1cc(C)c(C(=O)CN2CCN(C(=O)Nc3ccccc3)CC2)c(C)c1. The van der Waals surface area contributed by atoms with Crippen molar-refractivity contribution in [1.29, 1.82) is 0 Å². The first-order chi connectivity index (χ1) is 12.9. The van der Waals surface area contributed by atoms with Crippen LogP contribution in [0.1, 0.15) is 27.0 Å². The molecule has 2 aromatic rings. The fourth-order valence-electron chi connectivity index (χ4n) is 3.74. The molecule has 2 aromatic carbocycles. The van der Waals surface area contributed by atoms with E-state index in [0.717, 1.165) is 22.4 Å². The number of carbonyl (C=O) groups is 2. The molecule has 142 valence electrons. The normalized spacial score (nSPS) is 14.9. The summed E-state index contributed by atoms with van der Waals surface area (Å²) in [6.07, 6.45) is 0. The summed E-state index contributed by atoms with van der Waals surface area (Å²) in [5.41, 5.74) is 4.90. The van der Waals surface area contributed by atoms with Gasteiger partial charge in [0, 0.05) is 37.4 Å². The van der Waals surface area contributed by atoms with Gasteiger partial charge in [-0.05, 0) is 44.0 Å². The van der Waals surface area contributed by atoms with E-state index in [4.69, 9.17) is 0 Å². The highest BCUT2D eigenvalue weighted by Crippen LogP contribution is 2.18. The van der Waals surface area contributed by atoms with Crippen LogP contribution in [0.25, 0.3) is 0 Å². The van der Waals surface area contributed by atoms with Gasteiger partial charge < -0.3 is 10.2 Å². The first-order valence-corrected chi connectivity index (χ1v) is 9.38. The number of anilines is 1. The Balaban J connectivity index is 1.54. The Hall–Kier alpha value is -2.66. The molecule has 1 aliphatic rings. The number of para-hydroxylation sites is 1. The molecule has 0 aromatic heterocycles. The van der Waals surface area contributed by atoms with Gasteiger partial charge in [-0.3, -0.25) is 9.69 Å². The van der Waals surface area contributed by atoms with Crippen LogP contribution in [0.15, 0.2) is 42.5 Å². The highest BCUT2D eigenvalue weighted by molar-refractivity contribution is 6.00. The summed E-state index contributed by atoms with van der Waals surface area (Å²) < 4.78 is 0. The highest BCUT2D eigenvalue weighted by Gasteiger charge is 2.23. The van der Waals surface area contributed by atoms with Gasteiger partial charge in [0.1, 0.15) is 0 Å². The number of hydrogen-bond donors (Lipinski definition) is 1. The molecule has 0 radical (unpaired) electrons. The Bertz CT molecular complexity index is 802. The topological polar surface area (TPSA) is 52.7 Å². The predicted octanol–water partition coefficient (Wildman–Crippen LogP) is 3.64. The van der Waals surface area contributed by atoms with E-state index in [1.54, 1.807) is 4.90 Å². The lowest BCUT2D eigenvalue weighted by molar-refractivity contribution is 0.0882. The fourth-order valence-corrected chi connectivity index (χ4v) is 3.74. The van der Waals surface area contributed by atoms with Crippen LogP contribution in [0.2, 0.25) is 0 Å². The van der Waals surface area contributed by atoms with Crippen LogP contribution in [0.3, 0.4) is 0 Å². The Morgan fingerprint density at radius 2 is 1.52 bits per heavy atom. The van der Waals surface area contributed by atoms with Crippen molar-refractivity contribution in [2.75, 3.05) is 38.0 Å². The minimum Gasteiger partial charge on any atom is -0.322 e. The second-order valence-electron chi connectivity index (χ2n) is 7.26. The summed E-state index contributed by atoms with van der Waals surface area (Å²) in [5, 5.41) is 2.91. The molecule has 1 saturated heterocycles. The third kappa shape index (κ3) is 4.74. The predicted molar refractivity (Wildman–Crippen MR) is 108 cm³/mol. The quantitative estimate of drug-likeness (QED) is 0.842. The second kappa shape index (κ2) is 8.35. The minimum absolute atomic E-state index is 0.0857. The molecule has 0 bridgehead atoms. The molecule has 3 rings (SSSR count). The first-order valence-electron chi connectivity index (χ1n) is 9.38. The molecule has 5 nitrogen and oxygen atoms in total. The average molecular weight is 365 g/mol. The number of nitrogens with zero attached hydrogens (tertiary/aromatic N) is 2. The number of nitrogens with one attached hydrogen (secondary N) is 1. The number of amides is 2. The van der Waals surface area contributed by atoms with Crippen LogP contribution in [0.5, 0.6) is 0 Å². The number of urea groups is 1. The number of carbonyl (C=O) groups excluding carboxylic acids is 2. The number of benzene rings is 2. The number of ketones is 1. The third-order valence-corrected chi connectivity index (χ3v) is 5.01. The summed E-state index contributed by atoms with van der Waals surface area (Å²) in [4.78, 5) is 29.1. The van der Waals surface area contributed by atoms with E-state index in [-0.39, 0.29) is 11.8 Å². The van der Waals surface area contributed by atoms with Crippen molar-refractivity contribution in [3.63, 3.8) is 0 Å². The van der Waals surface area contributed by atoms with Gasteiger partial charge >= 0.3 is 6.03 Å². The Kier molecular flexibility index (Phi) is 5.91. The van der Waals surface area contributed by atoms with Crippen LogP contribution >= 0.6 is 0 Å². The van der Waals surface area contributed by atoms with Crippen LogP contribution in [0, 0.1) is 20.8 Å². The zero-order chi connectivity index (χ0) is 19.4. The molecule has 1 N–H and O–H groups in total. The highest BCUT2D eigenvalue weighted by atomic mass is 16.2. The van der Waals surface area contributed by atoms with Gasteiger partial charge in [-0.25, -0.2) is 4.79 Å². The number of Topliss-reactive ketones (excluding diaryl/α,β-unsaturated/α-hetero) is 1. The smallest absolute Gasteiger partial charge is 0.321 e. The van der Waals surface area contributed by atoms with Crippen molar-refractivity contribution in [2.24, 2.45) is 0 Å². The Labute approximate surface area is 161 Å². The van der Waals surface area contributed by atoms with E-state index in [1.165, 1.54) is 5.56 Å². The van der Waals surface area contributed by atoms with Crippen molar-refractivity contribution in [3.8, 4) is 0 Å². The van der Waals surface area contributed by atoms with E-state index in [2.05, 4.69) is 22.3 Å². The molecular weight excluding hydrogens is 338 g/mol. The average Bonchev–Trinajstić information content (AvgIpc) is 2.62. The minimum atomic E-state index is -0.0857. The molecule has 0 saturated carbocycles. The van der Waals surface area contributed by atoms with Gasteiger partial charge in [-0.2, -0.15) is 0 Å². The van der Waals surface area contributed by atoms with E-state index in [0.29, 0.717) is 32.7 Å². The number of piperazine rings is 1. The summed E-state index contributed by atoms with van der Waals surface area (Å²) in [7, 11) is 0. The van der Waals surface area contributed by atoms with E-state index >= 15 is 0 Å². The molecule has 0 spiro atoms. The Morgan fingerprint density at radius 1 is 0.926 bits per heavy atom. The van der Waals surface area contributed by atoms with Gasteiger partial charge in [0.05, 0.1) is 6.54 Å². The summed E-state index contributed by atoms with van der Waals surface area (Å²) in [5.74, 6) is 0.159. The summed E-state index contributed by atoms with van der Waals surface area (Å²) in [6, 6.07) is 13.5. The maximum Gasteiger partial charge on any atom is 0.321 e. The van der Waals surface area contributed by atoms with Gasteiger partial charge in [0.15, 0.2) is 5.78 Å². The number of hydrogen-bond acceptors (Lipinski definition) is 3. The lowest BCUT2D eigenvalue weighted by Crippen LogP contribution is -2.51. The standard InChI is InChI=1S/C22H27N3O2/c1-16-13-17(2)21(18(3)14-16)20(26)15-24-9-11-25(12-10-24)22(27)23-19-7-5-4-6-8-19/h4-8,13-14H,9-12,15H2,1-3H3,(H,23,27). The molecule has 5 heteroatoms. The summed E-state index contributed by atoms with van der Waals surface area (Å²) in [6.45, 7) is 9.11. The number of rotatable bonds is 4. The lowest BCUT2D eigenvalue weighted by Gasteiger charge is -2.34. The lowest BCUT2D eigenvalue weighted by atomic mass is 9.96. The van der Waals surface area contributed by atoms with Crippen molar-refractivity contribution in [2.45, 2.75) is 20.8 Å². The van der Waals surface area contributed by atoms with Crippen LogP contribution < -0.4 is 5.32 Å². The van der Waals surface area contributed by atoms with E-state index in [9.17, 15) is 9.59 Å². The maximum atomic E-state index is 12.8. The molecule has 0 unspecified atom stereocenters. The summed E-state index contributed by atoms with van der Waals surface area (Å²) >= 11 is 0. The molecular formula is C22H27N3O2. The maximum absolute atomic E-state index is 12.8. The fraction of sp³-hybridized carbons (Fsp3) is 0.364. The van der Waals surface area contributed by atoms with Crippen LogP contribution in [0.4, 0.5) is 10.5 Å². The van der Waals surface area contributed by atoms with E-state index < -0.39 is 0 Å². The zero-order valence-electron chi connectivity index (χ0n) is 16.3. The molecule has 0 aliphatic carbocycles. The van der Waals surface area contributed by atoms with Gasteiger partial charge in [0.25, 0.3) is 0 Å². The van der Waals surface area contributed by atoms with Crippen LogP contribution in [-0.4, -0.2) is 54.3 Å². The zero-order valence-corrected chi connectivity index (χ0v) is 16.3. The molecule has 1 aliphatic heterocycles. The monoisotopic (exact) mass is 365 g/mol. The first kappa shape index (κ1) is 19.1. The van der Waals surface area contributed by atoms with Crippen molar-refractivity contribution < 1.29 is 9.59 Å². The van der Waals surface area contributed by atoms with Gasteiger partial charge in [-0.1, -0.05) is 35.9 Å². The van der Waals surface area contributed by atoms with E-state index in [1.807, 2.05) is 51.1 Å². The van der Waals surface area contributed by atoms with Crippen molar-refractivity contribution >= 4 is 17.5 Å². The Morgan fingerprint density at radius 3 is 2.11 bits per heavy atom.